The number of nitrogens with zero attached hydrogens (tertiary/aromatic N) is 3. The van der Waals surface area contributed by atoms with Gasteiger partial charge in [0.15, 0.2) is 5.78 Å². The fourth-order valence-corrected chi connectivity index (χ4v) is 4.62. The van der Waals surface area contributed by atoms with E-state index >= 15 is 0 Å². The molecule has 0 radical (unpaired) electrons. The maximum Gasteiger partial charge on any atom is 0.176 e. The molecule has 0 aliphatic carbocycles. The Morgan fingerprint density at radius 1 is 0.938 bits per heavy atom. The van der Waals surface area contributed by atoms with E-state index < -0.39 is 0 Å². The zero-order valence-electron chi connectivity index (χ0n) is 17.1. The van der Waals surface area contributed by atoms with E-state index in [0.29, 0.717) is 52.4 Å². The van der Waals surface area contributed by atoms with Crippen molar-refractivity contribution in [1.82, 2.24) is 4.90 Å². The van der Waals surface area contributed by atoms with Crippen molar-refractivity contribution in [2.24, 2.45) is 0 Å². The van der Waals surface area contributed by atoms with Gasteiger partial charge < -0.3 is 4.90 Å². The largest absolute Gasteiger partial charge is 0.361 e. The predicted octanol–water partition coefficient (Wildman–Crippen LogP) is 6.26. The number of nitriles is 1. The maximum atomic E-state index is 12.9. The SMILES string of the molecule is N#Cc1ccc(C(=O)CN2CCN(c3ccc(Cl)cc3Cl)C(c3ccc(Cl)cc3)C2)cc1. The highest BCUT2D eigenvalue weighted by molar-refractivity contribution is 6.36. The number of carbonyl (C=O) groups is 1. The van der Waals surface area contributed by atoms with E-state index in [9.17, 15) is 4.79 Å². The van der Waals surface area contributed by atoms with E-state index in [-0.39, 0.29) is 11.8 Å². The third-order valence-corrected chi connectivity index (χ3v) is 6.43. The van der Waals surface area contributed by atoms with Gasteiger partial charge in [0.25, 0.3) is 0 Å². The number of Topliss-reactive ketones (excluding diaryl/α,β-unsaturated/α-hetero) is 1. The first-order valence-corrected chi connectivity index (χ1v) is 11.3. The lowest BCUT2D eigenvalue weighted by atomic mass is 10.0. The van der Waals surface area contributed by atoms with Crippen molar-refractivity contribution in [3.05, 3.63) is 98.5 Å². The summed E-state index contributed by atoms with van der Waals surface area (Å²) in [4.78, 5) is 17.3. The van der Waals surface area contributed by atoms with Crippen molar-refractivity contribution in [2.45, 2.75) is 6.04 Å². The third-order valence-electron chi connectivity index (χ3n) is 5.64. The van der Waals surface area contributed by atoms with E-state index in [0.717, 1.165) is 11.3 Å². The van der Waals surface area contributed by atoms with Crippen LogP contribution in [-0.2, 0) is 0 Å². The molecular formula is C25H20Cl3N3O. The average molecular weight is 485 g/mol. The molecule has 3 aromatic carbocycles. The number of anilines is 1. The summed E-state index contributed by atoms with van der Waals surface area (Å²) in [5.74, 6) is 0.0299. The molecule has 1 heterocycles. The molecule has 3 aromatic rings. The lowest BCUT2D eigenvalue weighted by Gasteiger charge is -2.43. The standard InChI is InChI=1S/C25H20Cl3N3O/c26-20-7-5-18(6-8-20)24-15-30(16-25(32)19-3-1-17(14-29)2-4-19)11-12-31(24)23-10-9-21(27)13-22(23)28/h1-10,13,24H,11-12,15-16H2. The summed E-state index contributed by atoms with van der Waals surface area (Å²) in [6, 6.07) is 22.1. The first-order chi connectivity index (χ1) is 15.4. The molecule has 1 aliphatic rings. The summed E-state index contributed by atoms with van der Waals surface area (Å²) in [5.41, 5.74) is 3.15. The lowest BCUT2D eigenvalue weighted by Crippen LogP contribution is -2.50. The number of ketones is 1. The van der Waals surface area contributed by atoms with Gasteiger partial charge in [0.1, 0.15) is 0 Å². The van der Waals surface area contributed by atoms with Crippen molar-refractivity contribution >= 4 is 46.3 Å². The first-order valence-electron chi connectivity index (χ1n) is 10.2. The fraction of sp³-hybridized carbons (Fsp3) is 0.200. The van der Waals surface area contributed by atoms with E-state index in [1.807, 2.05) is 36.4 Å². The van der Waals surface area contributed by atoms with E-state index in [2.05, 4.69) is 15.9 Å². The molecule has 7 heteroatoms. The summed E-state index contributed by atoms with van der Waals surface area (Å²) in [6.07, 6.45) is 0. The topological polar surface area (TPSA) is 47.3 Å². The number of carbonyl (C=O) groups excluding carboxylic acids is 1. The van der Waals surface area contributed by atoms with Crippen LogP contribution in [0.5, 0.6) is 0 Å². The molecule has 32 heavy (non-hydrogen) atoms. The van der Waals surface area contributed by atoms with Gasteiger partial charge in [0, 0.05) is 35.2 Å². The van der Waals surface area contributed by atoms with Crippen LogP contribution in [0.15, 0.2) is 66.7 Å². The second kappa shape index (κ2) is 9.94. The van der Waals surface area contributed by atoms with Crippen LogP contribution in [0.3, 0.4) is 0 Å². The van der Waals surface area contributed by atoms with Crippen LogP contribution >= 0.6 is 34.8 Å². The van der Waals surface area contributed by atoms with Gasteiger partial charge in [0.05, 0.1) is 34.9 Å². The second-order valence-corrected chi connectivity index (χ2v) is 8.98. The van der Waals surface area contributed by atoms with Crippen molar-refractivity contribution in [2.75, 3.05) is 31.1 Å². The number of benzene rings is 3. The number of hydrogen-bond donors (Lipinski definition) is 0. The minimum absolute atomic E-state index is 0.00606. The average Bonchev–Trinajstić information content (AvgIpc) is 2.80. The minimum atomic E-state index is -0.00606. The summed E-state index contributed by atoms with van der Waals surface area (Å²) in [7, 11) is 0. The number of piperazine rings is 1. The molecule has 0 saturated carbocycles. The van der Waals surface area contributed by atoms with Crippen LogP contribution in [0.25, 0.3) is 0 Å². The Morgan fingerprint density at radius 2 is 1.62 bits per heavy atom. The monoisotopic (exact) mass is 483 g/mol. The summed E-state index contributed by atoms with van der Waals surface area (Å²) in [6.45, 7) is 2.38. The number of rotatable bonds is 5. The maximum absolute atomic E-state index is 12.9. The Hall–Kier alpha value is -2.55. The highest BCUT2D eigenvalue weighted by atomic mass is 35.5. The zero-order chi connectivity index (χ0) is 22.7. The van der Waals surface area contributed by atoms with Crippen molar-refractivity contribution in [3.8, 4) is 6.07 Å². The first kappa shape index (κ1) is 22.6. The molecule has 1 atom stereocenters. The molecule has 0 spiro atoms. The van der Waals surface area contributed by atoms with Gasteiger partial charge in [-0.05, 0) is 48.0 Å². The molecule has 1 unspecified atom stereocenters. The third kappa shape index (κ3) is 5.09. The lowest BCUT2D eigenvalue weighted by molar-refractivity contribution is 0.0914. The summed E-state index contributed by atoms with van der Waals surface area (Å²) in [5, 5.41) is 10.8. The molecule has 0 N–H and O–H groups in total. The van der Waals surface area contributed by atoms with E-state index in [4.69, 9.17) is 40.1 Å². The molecule has 0 aromatic heterocycles. The van der Waals surface area contributed by atoms with Gasteiger partial charge in [-0.25, -0.2) is 0 Å². The number of halogens is 3. The van der Waals surface area contributed by atoms with Crippen LogP contribution in [-0.4, -0.2) is 36.9 Å². The van der Waals surface area contributed by atoms with E-state index in [1.165, 1.54) is 0 Å². The Kier molecular flexibility index (Phi) is 7.03. The highest BCUT2D eigenvalue weighted by Crippen LogP contribution is 2.36. The van der Waals surface area contributed by atoms with E-state index in [1.54, 1.807) is 30.3 Å². The van der Waals surface area contributed by atoms with Crippen LogP contribution in [0.1, 0.15) is 27.5 Å². The molecule has 4 nitrogen and oxygen atoms in total. The number of hydrogen-bond acceptors (Lipinski definition) is 4. The van der Waals surface area contributed by atoms with Crippen molar-refractivity contribution in [1.29, 1.82) is 5.26 Å². The fourth-order valence-electron chi connectivity index (χ4n) is 3.98. The zero-order valence-corrected chi connectivity index (χ0v) is 19.4. The Bertz CT molecular complexity index is 1160. The van der Waals surface area contributed by atoms with Gasteiger partial charge in [0.2, 0.25) is 0 Å². The van der Waals surface area contributed by atoms with Crippen LogP contribution in [0.4, 0.5) is 5.69 Å². The minimum Gasteiger partial charge on any atom is -0.361 e. The predicted molar refractivity (Wildman–Crippen MR) is 130 cm³/mol. The van der Waals surface area contributed by atoms with Crippen molar-refractivity contribution < 1.29 is 4.79 Å². The Morgan fingerprint density at radius 3 is 2.28 bits per heavy atom. The molecule has 1 fully saturated rings. The molecule has 1 saturated heterocycles. The van der Waals surface area contributed by atoms with Crippen LogP contribution in [0, 0.1) is 11.3 Å². The Balaban J connectivity index is 1.57. The molecule has 162 valence electrons. The van der Waals surface area contributed by atoms with Crippen LogP contribution in [0.2, 0.25) is 15.1 Å². The van der Waals surface area contributed by atoms with Gasteiger partial charge in [-0.3, -0.25) is 9.69 Å². The summed E-state index contributed by atoms with van der Waals surface area (Å²) < 4.78 is 0. The van der Waals surface area contributed by atoms with Gasteiger partial charge in [-0.1, -0.05) is 59.1 Å². The molecule has 0 bridgehead atoms. The molecule has 0 amide bonds. The molecule has 1 aliphatic heterocycles. The van der Waals surface area contributed by atoms with Gasteiger partial charge in [-0.2, -0.15) is 5.26 Å². The smallest absolute Gasteiger partial charge is 0.176 e. The second-order valence-electron chi connectivity index (χ2n) is 7.70. The molecular weight excluding hydrogens is 465 g/mol. The van der Waals surface area contributed by atoms with Gasteiger partial charge >= 0.3 is 0 Å². The normalized spacial score (nSPS) is 16.6. The molecule has 4 rings (SSSR count). The quantitative estimate of drug-likeness (QED) is 0.401. The van der Waals surface area contributed by atoms with Crippen LogP contribution < -0.4 is 4.90 Å². The summed E-state index contributed by atoms with van der Waals surface area (Å²) >= 11 is 18.7. The van der Waals surface area contributed by atoms with Gasteiger partial charge in [-0.15, -0.1) is 0 Å². The highest BCUT2D eigenvalue weighted by Gasteiger charge is 2.30. The van der Waals surface area contributed by atoms with Crippen molar-refractivity contribution in [3.63, 3.8) is 0 Å². The Labute approximate surface area is 202 Å².